The molecule has 0 saturated heterocycles. The number of fused-ring (bicyclic) bond motifs is 7. The van der Waals surface area contributed by atoms with E-state index in [4.69, 9.17) is 9.47 Å². The predicted molar refractivity (Wildman–Crippen MR) is 191 cm³/mol. The first-order chi connectivity index (χ1) is 21.9. The molecule has 5 aliphatic carbocycles. The highest BCUT2D eigenvalue weighted by Crippen LogP contribution is 2.73. The Bertz CT molecular complexity index is 1320. The second-order valence-corrected chi connectivity index (χ2v) is 17.4. The van der Waals surface area contributed by atoms with Crippen LogP contribution in [-0.2, 0) is 11.2 Å². The van der Waals surface area contributed by atoms with Gasteiger partial charge in [0.25, 0.3) is 0 Å². The Morgan fingerprint density at radius 3 is 2.33 bits per heavy atom. The van der Waals surface area contributed by atoms with Crippen molar-refractivity contribution in [3.05, 3.63) is 41.5 Å². The molecular weight excluding hydrogens is 564 g/mol. The number of aryl methyl sites for hydroxylation is 1. The third kappa shape index (κ3) is 5.42. The summed E-state index contributed by atoms with van der Waals surface area (Å²) in [5.74, 6) is 8.27. The van der Waals surface area contributed by atoms with Crippen molar-refractivity contribution in [1.29, 1.82) is 0 Å². The molecule has 46 heavy (non-hydrogen) atoms. The monoisotopic (exact) mass is 628 g/mol. The molecule has 5 aliphatic rings. The minimum Gasteiger partial charge on any atom is -0.493 e. The van der Waals surface area contributed by atoms with Gasteiger partial charge in [-0.25, -0.2) is 0 Å². The normalized spacial score (nSPS) is 41.7. The van der Waals surface area contributed by atoms with E-state index >= 15 is 0 Å². The summed E-state index contributed by atoms with van der Waals surface area (Å²) >= 11 is 0. The zero-order valence-electron chi connectivity index (χ0n) is 30.6. The molecule has 1 aromatic rings. The lowest BCUT2D eigenvalue weighted by Crippen LogP contribution is -2.61. The lowest BCUT2D eigenvalue weighted by atomic mass is 9.37. The molecule has 5 fully saturated rings. The van der Waals surface area contributed by atoms with Crippen molar-refractivity contribution in [2.75, 3.05) is 14.2 Å². The van der Waals surface area contributed by atoms with Gasteiger partial charge in [-0.3, -0.25) is 4.79 Å². The largest absolute Gasteiger partial charge is 0.493 e. The molecule has 3 nitrogen and oxygen atoms in total. The molecule has 0 amide bonds. The van der Waals surface area contributed by atoms with E-state index in [-0.39, 0.29) is 5.78 Å². The number of carbonyl (C=O) groups is 1. The summed E-state index contributed by atoms with van der Waals surface area (Å²) in [7, 11) is 3.36. The first kappa shape index (κ1) is 33.9. The molecule has 11 unspecified atom stereocenters. The number of hydrogen-bond donors (Lipinski definition) is 0. The highest BCUT2D eigenvalue weighted by atomic mass is 16.5. The SMILES string of the molecule is C=C(C)C1CCC2(CCC(=O)/C=C/c3cc(CC)c(OC)c(OC)c3)CCC3C(CCC4C5(C)CCC(C)C(C)C5CCC34C)C12. The Balaban J connectivity index is 1.20. The Kier molecular flexibility index (Phi) is 9.40. The molecule has 0 bridgehead atoms. The molecule has 0 aromatic heterocycles. The molecule has 254 valence electrons. The van der Waals surface area contributed by atoms with Crippen molar-refractivity contribution >= 4 is 11.9 Å². The lowest BCUT2D eigenvalue weighted by Gasteiger charge is -2.68. The van der Waals surface area contributed by atoms with Gasteiger partial charge in [0.05, 0.1) is 14.2 Å². The van der Waals surface area contributed by atoms with E-state index in [1.165, 1.54) is 69.8 Å². The number of ketones is 1. The van der Waals surface area contributed by atoms with E-state index in [9.17, 15) is 4.79 Å². The van der Waals surface area contributed by atoms with E-state index in [1.807, 2.05) is 18.2 Å². The topological polar surface area (TPSA) is 35.5 Å². The van der Waals surface area contributed by atoms with Crippen molar-refractivity contribution in [2.45, 2.75) is 125 Å². The fraction of sp³-hybridized carbons (Fsp3) is 0.744. The van der Waals surface area contributed by atoms with Crippen molar-refractivity contribution in [3.63, 3.8) is 0 Å². The van der Waals surface area contributed by atoms with Gasteiger partial charge in [-0.15, -0.1) is 0 Å². The number of methoxy groups -OCH3 is 2. The van der Waals surface area contributed by atoms with Crippen LogP contribution in [0.15, 0.2) is 30.4 Å². The summed E-state index contributed by atoms with van der Waals surface area (Å²) in [6.45, 7) is 19.6. The molecular formula is C43H64O3. The van der Waals surface area contributed by atoms with Crippen LogP contribution < -0.4 is 9.47 Å². The molecule has 3 heteroatoms. The second-order valence-electron chi connectivity index (χ2n) is 17.4. The van der Waals surface area contributed by atoms with Crippen LogP contribution in [0.5, 0.6) is 11.5 Å². The second kappa shape index (κ2) is 12.8. The first-order valence-corrected chi connectivity index (χ1v) is 19.0. The Morgan fingerprint density at radius 1 is 0.935 bits per heavy atom. The van der Waals surface area contributed by atoms with Crippen LogP contribution >= 0.6 is 0 Å². The summed E-state index contributed by atoms with van der Waals surface area (Å²) < 4.78 is 11.2. The maximum absolute atomic E-state index is 13.5. The highest BCUT2D eigenvalue weighted by molar-refractivity contribution is 5.93. The summed E-state index contributed by atoms with van der Waals surface area (Å²) in [6, 6.07) is 4.10. The molecule has 1 aromatic carbocycles. The summed E-state index contributed by atoms with van der Waals surface area (Å²) in [6.07, 6.45) is 20.1. The number of benzene rings is 1. The minimum atomic E-state index is 0.254. The Morgan fingerprint density at radius 2 is 1.63 bits per heavy atom. The van der Waals surface area contributed by atoms with Crippen LogP contribution in [0.1, 0.15) is 130 Å². The van der Waals surface area contributed by atoms with E-state index in [1.54, 1.807) is 14.2 Å². The fourth-order valence-electron chi connectivity index (χ4n) is 13.3. The van der Waals surface area contributed by atoms with Crippen molar-refractivity contribution in [1.82, 2.24) is 0 Å². The van der Waals surface area contributed by atoms with Gasteiger partial charge in [-0.05, 0) is 177 Å². The molecule has 0 aliphatic heterocycles. The van der Waals surface area contributed by atoms with E-state index in [0.717, 1.165) is 71.0 Å². The van der Waals surface area contributed by atoms with Crippen molar-refractivity contribution in [2.24, 2.45) is 63.6 Å². The summed E-state index contributed by atoms with van der Waals surface area (Å²) in [4.78, 5) is 13.5. The van der Waals surface area contributed by atoms with E-state index < -0.39 is 0 Å². The predicted octanol–water partition coefficient (Wildman–Crippen LogP) is 11.1. The summed E-state index contributed by atoms with van der Waals surface area (Å²) in [5.41, 5.74) is 4.79. The maximum Gasteiger partial charge on any atom is 0.163 e. The van der Waals surface area contributed by atoms with Crippen molar-refractivity contribution in [3.8, 4) is 11.5 Å². The molecule has 0 radical (unpaired) electrons. The van der Waals surface area contributed by atoms with Gasteiger partial charge < -0.3 is 9.47 Å². The minimum absolute atomic E-state index is 0.254. The molecule has 0 N–H and O–H groups in total. The smallest absolute Gasteiger partial charge is 0.163 e. The average Bonchev–Trinajstić information content (AvgIpc) is 3.44. The van der Waals surface area contributed by atoms with E-state index in [2.05, 4.69) is 54.2 Å². The third-order valence-corrected chi connectivity index (χ3v) is 15.7. The lowest BCUT2D eigenvalue weighted by molar-refractivity contribution is -0.191. The van der Waals surface area contributed by atoms with Crippen LogP contribution in [0.4, 0.5) is 0 Å². The van der Waals surface area contributed by atoms with Gasteiger partial charge in [0, 0.05) is 6.42 Å². The fourth-order valence-corrected chi connectivity index (χ4v) is 13.3. The van der Waals surface area contributed by atoms with Gasteiger partial charge in [0.1, 0.15) is 0 Å². The zero-order valence-corrected chi connectivity index (χ0v) is 30.6. The molecule has 0 heterocycles. The average molecular weight is 629 g/mol. The quantitative estimate of drug-likeness (QED) is 0.202. The first-order valence-electron chi connectivity index (χ1n) is 19.0. The molecule has 11 atom stereocenters. The highest BCUT2D eigenvalue weighted by Gasteiger charge is 2.65. The Labute approximate surface area is 281 Å². The van der Waals surface area contributed by atoms with Crippen LogP contribution in [-0.4, -0.2) is 20.0 Å². The number of ether oxygens (including phenoxy) is 2. The molecule has 5 saturated carbocycles. The van der Waals surface area contributed by atoms with E-state index in [0.29, 0.717) is 34.5 Å². The maximum atomic E-state index is 13.5. The van der Waals surface area contributed by atoms with Gasteiger partial charge in [0.15, 0.2) is 17.3 Å². The Hall–Kier alpha value is -2.03. The number of allylic oxidation sites excluding steroid dienone is 2. The number of hydrogen-bond acceptors (Lipinski definition) is 3. The number of rotatable bonds is 9. The zero-order chi connectivity index (χ0) is 33.0. The van der Waals surface area contributed by atoms with Crippen LogP contribution in [0, 0.1) is 63.6 Å². The number of carbonyl (C=O) groups excluding carboxylic acids is 1. The van der Waals surface area contributed by atoms with Crippen LogP contribution in [0.3, 0.4) is 0 Å². The van der Waals surface area contributed by atoms with Gasteiger partial charge in [-0.1, -0.05) is 52.8 Å². The van der Waals surface area contributed by atoms with Gasteiger partial charge in [0.2, 0.25) is 0 Å². The van der Waals surface area contributed by atoms with Gasteiger partial charge in [-0.2, -0.15) is 0 Å². The van der Waals surface area contributed by atoms with Crippen LogP contribution in [0.25, 0.3) is 6.08 Å². The third-order valence-electron chi connectivity index (χ3n) is 15.7. The van der Waals surface area contributed by atoms with Crippen molar-refractivity contribution < 1.29 is 14.3 Å². The standard InChI is InChI=1S/C43H64O3/c1-10-31-25-30(26-37(45-8)40(31)46-9)11-12-32(44)16-22-43-23-17-33(27(2)3)39(43)34-13-14-38-41(6)20-15-28(4)29(5)35(41)18-21-42(38,7)36(34)19-24-43/h11-12,25-26,28-29,33-36,38-39H,2,10,13-24H2,1,3-9H3/b12-11+. The van der Waals surface area contributed by atoms with Gasteiger partial charge >= 0.3 is 0 Å². The summed E-state index contributed by atoms with van der Waals surface area (Å²) in [5, 5.41) is 0. The molecule has 6 rings (SSSR count). The van der Waals surface area contributed by atoms with Crippen LogP contribution in [0.2, 0.25) is 0 Å². The molecule has 0 spiro atoms.